The number of nitrogens with zero attached hydrogens (tertiary/aromatic N) is 4. The summed E-state index contributed by atoms with van der Waals surface area (Å²) >= 11 is 7.03. The number of carbonyl (C=O) groups excluding carboxylic acids is 1. The summed E-state index contributed by atoms with van der Waals surface area (Å²) in [6, 6.07) is 13.8. The van der Waals surface area contributed by atoms with Gasteiger partial charge in [0.15, 0.2) is 5.11 Å². The van der Waals surface area contributed by atoms with Gasteiger partial charge in [-0.3, -0.25) is 9.52 Å². The van der Waals surface area contributed by atoms with Crippen LogP contribution in [-0.4, -0.2) is 67.6 Å². The molecule has 1 saturated heterocycles. The standard InChI is InChI=1S/C26H26N6O4S3/c1-17(33)29-19-5-9-21(10-6-19)39(34,35)30-26(37)32-13-11-31(12-14-32)24-23-22(15-38-25(23)28-16-27-24)18-3-7-20(36-2)8-4-18/h3-10,15-16H,11-14H2,1-2H3,(H,29,33)(H,30,37). The van der Waals surface area contributed by atoms with E-state index >= 15 is 0 Å². The lowest BCUT2D eigenvalue weighted by Crippen LogP contribution is -2.52. The molecule has 0 spiro atoms. The maximum absolute atomic E-state index is 12.9. The summed E-state index contributed by atoms with van der Waals surface area (Å²) in [5.41, 5.74) is 2.63. The van der Waals surface area contributed by atoms with Crippen molar-refractivity contribution in [2.24, 2.45) is 0 Å². The van der Waals surface area contributed by atoms with Crippen LogP contribution in [-0.2, 0) is 14.8 Å². The average Bonchev–Trinajstić information content (AvgIpc) is 3.37. The Labute approximate surface area is 235 Å². The summed E-state index contributed by atoms with van der Waals surface area (Å²) in [7, 11) is -2.23. The summed E-state index contributed by atoms with van der Waals surface area (Å²) in [6.45, 7) is 3.65. The molecule has 39 heavy (non-hydrogen) atoms. The van der Waals surface area contributed by atoms with Gasteiger partial charge in [0.2, 0.25) is 5.91 Å². The maximum Gasteiger partial charge on any atom is 0.263 e. The third-order valence-corrected chi connectivity index (χ3v) is 9.05. The lowest BCUT2D eigenvalue weighted by molar-refractivity contribution is -0.114. The zero-order valence-corrected chi connectivity index (χ0v) is 23.7. The van der Waals surface area contributed by atoms with Crippen LogP contribution in [0.3, 0.4) is 0 Å². The van der Waals surface area contributed by atoms with Crippen LogP contribution in [0.15, 0.2) is 65.1 Å². The molecule has 1 fully saturated rings. The quantitative estimate of drug-likeness (QED) is 0.328. The van der Waals surface area contributed by atoms with Gasteiger partial charge in [-0.2, -0.15) is 0 Å². The number of thiocarbonyl (C=S) groups is 1. The van der Waals surface area contributed by atoms with Crippen molar-refractivity contribution < 1.29 is 17.9 Å². The number of amides is 1. The van der Waals surface area contributed by atoms with Crippen molar-refractivity contribution >= 4 is 66.3 Å². The molecule has 5 rings (SSSR count). The minimum atomic E-state index is -3.87. The van der Waals surface area contributed by atoms with Gasteiger partial charge in [0.1, 0.15) is 22.7 Å². The Balaban J connectivity index is 1.28. The molecule has 0 saturated carbocycles. The number of anilines is 2. The number of hydrogen-bond donors (Lipinski definition) is 2. The lowest BCUT2D eigenvalue weighted by Gasteiger charge is -2.36. The van der Waals surface area contributed by atoms with Crippen molar-refractivity contribution in [3.05, 3.63) is 60.2 Å². The normalized spacial score (nSPS) is 13.8. The molecule has 10 nitrogen and oxygen atoms in total. The first-order valence-electron chi connectivity index (χ1n) is 12.1. The Morgan fingerprint density at radius 1 is 1.03 bits per heavy atom. The number of aromatic nitrogens is 2. The van der Waals surface area contributed by atoms with Gasteiger partial charge in [0.05, 0.1) is 17.4 Å². The Kier molecular flexibility index (Phi) is 7.64. The highest BCUT2D eigenvalue weighted by atomic mass is 32.2. The van der Waals surface area contributed by atoms with E-state index < -0.39 is 10.0 Å². The second-order valence-electron chi connectivity index (χ2n) is 8.85. The van der Waals surface area contributed by atoms with E-state index in [0.717, 1.165) is 32.9 Å². The number of benzene rings is 2. The fourth-order valence-electron chi connectivity index (χ4n) is 4.36. The number of fused-ring (bicyclic) bond motifs is 1. The Bertz CT molecular complexity index is 1610. The van der Waals surface area contributed by atoms with Gasteiger partial charge >= 0.3 is 0 Å². The molecule has 1 aliphatic heterocycles. The van der Waals surface area contributed by atoms with E-state index in [1.165, 1.54) is 31.2 Å². The molecule has 202 valence electrons. The number of piperazine rings is 1. The summed E-state index contributed by atoms with van der Waals surface area (Å²) in [5.74, 6) is 1.40. The maximum atomic E-state index is 12.9. The van der Waals surface area contributed by atoms with Crippen molar-refractivity contribution in [1.29, 1.82) is 0 Å². The van der Waals surface area contributed by atoms with Gasteiger partial charge in [-0.1, -0.05) is 12.1 Å². The molecule has 0 unspecified atom stereocenters. The van der Waals surface area contributed by atoms with Gasteiger partial charge in [-0.05, 0) is 54.2 Å². The Morgan fingerprint density at radius 2 is 1.72 bits per heavy atom. The molecule has 1 amide bonds. The van der Waals surface area contributed by atoms with Gasteiger partial charge in [0.25, 0.3) is 10.0 Å². The fourth-order valence-corrected chi connectivity index (χ4v) is 6.76. The lowest BCUT2D eigenvalue weighted by atomic mass is 10.1. The number of rotatable bonds is 6. The number of nitrogens with one attached hydrogen (secondary N) is 2. The third-order valence-electron chi connectivity index (χ3n) is 6.32. The van der Waals surface area contributed by atoms with Crippen molar-refractivity contribution in [3.63, 3.8) is 0 Å². The highest BCUT2D eigenvalue weighted by molar-refractivity contribution is 7.91. The van der Waals surface area contributed by atoms with Crippen LogP contribution in [0, 0.1) is 0 Å². The first-order chi connectivity index (χ1) is 18.7. The second-order valence-corrected chi connectivity index (χ2v) is 11.8. The van der Waals surface area contributed by atoms with E-state index in [1.54, 1.807) is 24.8 Å². The molecule has 4 aromatic rings. The molecule has 0 bridgehead atoms. The van der Waals surface area contributed by atoms with E-state index in [0.29, 0.717) is 31.9 Å². The summed E-state index contributed by atoms with van der Waals surface area (Å²) in [4.78, 5) is 25.3. The van der Waals surface area contributed by atoms with Crippen molar-refractivity contribution in [1.82, 2.24) is 19.6 Å². The first-order valence-corrected chi connectivity index (χ1v) is 14.8. The highest BCUT2D eigenvalue weighted by Crippen LogP contribution is 2.38. The Hall–Kier alpha value is -3.81. The van der Waals surface area contributed by atoms with E-state index in [4.69, 9.17) is 17.0 Å². The van der Waals surface area contributed by atoms with E-state index in [2.05, 4.69) is 30.3 Å². The fraction of sp³-hybridized carbons (Fsp3) is 0.231. The molecule has 1 aliphatic rings. The zero-order chi connectivity index (χ0) is 27.6. The van der Waals surface area contributed by atoms with Crippen LogP contribution in [0.4, 0.5) is 11.5 Å². The van der Waals surface area contributed by atoms with Crippen LogP contribution in [0.2, 0.25) is 0 Å². The predicted molar refractivity (Wildman–Crippen MR) is 157 cm³/mol. The molecular weight excluding hydrogens is 557 g/mol. The van der Waals surface area contributed by atoms with Crippen LogP contribution >= 0.6 is 23.6 Å². The number of ether oxygens (including phenoxy) is 1. The molecule has 3 heterocycles. The number of hydrogen-bond acceptors (Lipinski definition) is 9. The Morgan fingerprint density at radius 3 is 2.36 bits per heavy atom. The van der Waals surface area contributed by atoms with Crippen molar-refractivity contribution in [3.8, 4) is 16.9 Å². The van der Waals surface area contributed by atoms with Crippen LogP contribution in [0.25, 0.3) is 21.3 Å². The third kappa shape index (κ3) is 5.79. The number of methoxy groups -OCH3 is 1. The number of sulfonamides is 1. The van der Waals surface area contributed by atoms with Crippen molar-refractivity contribution in [2.75, 3.05) is 43.5 Å². The van der Waals surface area contributed by atoms with E-state index in [1.807, 2.05) is 29.2 Å². The average molecular weight is 583 g/mol. The largest absolute Gasteiger partial charge is 0.497 e. The van der Waals surface area contributed by atoms with Crippen molar-refractivity contribution in [2.45, 2.75) is 11.8 Å². The highest BCUT2D eigenvalue weighted by Gasteiger charge is 2.26. The van der Waals surface area contributed by atoms with Crippen LogP contribution in [0.1, 0.15) is 6.92 Å². The first kappa shape index (κ1) is 26.8. The minimum Gasteiger partial charge on any atom is -0.497 e. The molecule has 13 heteroatoms. The monoisotopic (exact) mass is 582 g/mol. The summed E-state index contributed by atoms with van der Waals surface area (Å²) in [6.07, 6.45) is 1.58. The summed E-state index contributed by atoms with van der Waals surface area (Å²) < 4.78 is 33.6. The zero-order valence-electron chi connectivity index (χ0n) is 21.2. The van der Waals surface area contributed by atoms with Gasteiger partial charge in [-0.25, -0.2) is 18.4 Å². The van der Waals surface area contributed by atoms with E-state index in [-0.39, 0.29) is 15.9 Å². The van der Waals surface area contributed by atoms with E-state index in [9.17, 15) is 13.2 Å². The van der Waals surface area contributed by atoms with Gasteiger partial charge in [-0.15, -0.1) is 11.3 Å². The molecule has 2 aromatic heterocycles. The number of thiophene rings is 1. The second kappa shape index (κ2) is 11.1. The minimum absolute atomic E-state index is 0.0597. The molecule has 0 atom stereocenters. The van der Waals surface area contributed by atoms with Gasteiger partial charge < -0.3 is 19.9 Å². The molecule has 2 aromatic carbocycles. The van der Waals surface area contributed by atoms with Crippen LogP contribution < -0.4 is 19.7 Å². The van der Waals surface area contributed by atoms with Gasteiger partial charge in [0, 0.05) is 49.7 Å². The van der Waals surface area contributed by atoms with Crippen LogP contribution in [0.5, 0.6) is 5.75 Å². The molecular formula is C26H26N6O4S3. The molecule has 2 N–H and O–H groups in total. The molecule has 0 aliphatic carbocycles. The smallest absolute Gasteiger partial charge is 0.263 e. The predicted octanol–water partition coefficient (Wildman–Crippen LogP) is 3.71. The SMILES string of the molecule is COc1ccc(-c2csc3ncnc(N4CCN(C(=S)NS(=O)(=O)c5ccc(NC(C)=O)cc5)CC4)c23)cc1. The number of carbonyl (C=O) groups is 1. The topological polar surface area (TPSA) is 117 Å². The molecule has 0 radical (unpaired) electrons. The summed E-state index contributed by atoms with van der Waals surface area (Å²) in [5, 5.41) is 5.84.